The highest BCUT2D eigenvalue weighted by atomic mass is 32.1. The SMILES string of the molecule is CCN(C(=O)c1csc(C(C)N)n1)c1ccccc1. The molecule has 0 fully saturated rings. The van der Waals surface area contributed by atoms with Gasteiger partial charge in [-0.05, 0) is 26.0 Å². The summed E-state index contributed by atoms with van der Waals surface area (Å²) < 4.78 is 0. The van der Waals surface area contributed by atoms with Crippen LogP contribution in [0.1, 0.15) is 35.4 Å². The van der Waals surface area contributed by atoms with Crippen molar-refractivity contribution in [1.29, 1.82) is 0 Å². The predicted molar refractivity (Wildman–Crippen MR) is 78.5 cm³/mol. The van der Waals surface area contributed by atoms with Gasteiger partial charge in [0.15, 0.2) is 0 Å². The summed E-state index contributed by atoms with van der Waals surface area (Å²) in [6, 6.07) is 9.46. The van der Waals surface area contributed by atoms with Crippen LogP contribution < -0.4 is 10.6 Å². The molecule has 5 heteroatoms. The quantitative estimate of drug-likeness (QED) is 0.933. The minimum atomic E-state index is -0.140. The Kier molecular flexibility index (Phi) is 4.29. The Balaban J connectivity index is 2.26. The topological polar surface area (TPSA) is 59.2 Å². The fourth-order valence-electron chi connectivity index (χ4n) is 1.78. The number of aromatic nitrogens is 1. The summed E-state index contributed by atoms with van der Waals surface area (Å²) in [6.45, 7) is 4.42. The van der Waals surface area contributed by atoms with E-state index < -0.39 is 0 Å². The molecule has 1 aromatic carbocycles. The molecule has 19 heavy (non-hydrogen) atoms. The van der Waals surface area contributed by atoms with E-state index in [1.165, 1.54) is 11.3 Å². The van der Waals surface area contributed by atoms with Gasteiger partial charge in [-0.1, -0.05) is 18.2 Å². The number of hydrogen-bond donors (Lipinski definition) is 1. The van der Waals surface area contributed by atoms with Gasteiger partial charge in [0.1, 0.15) is 10.7 Å². The highest BCUT2D eigenvalue weighted by Gasteiger charge is 2.19. The van der Waals surface area contributed by atoms with Crippen molar-refractivity contribution in [2.45, 2.75) is 19.9 Å². The molecule has 100 valence electrons. The van der Waals surface area contributed by atoms with Crippen LogP contribution in [-0.4, -0.2) is 17.4 Å². The maximum atomic E-state index is 12.4. The van der Waals surface area contributed by atoms with Crippen molar-refractivity contribution in [3.8, 4) is 0 Å². The average Bonchev–Trinajstić information content (AvgIpc) is 2.90. The first-order chi connectivity index (χ1) is 9.13. The van der Waals surface area contributed by atoms with Gasteiger partial charge in [-0.15, -0.1) is 11.3 Å². The van der Waals surface area contributed by atoms with E-state index in [2.05, 4.69) is 4.98 Å². The zero-order chi connectivity index (χ0) is 13.8. The molecule has 1 heterocycles. The number of para-hydroxylation sites is 1. The summed E-state index contributed by atoms with van der Waals surface area (Å²) in [5.74, 6) is -0.0862. The fourth-order valence-corrected chi connectivity index (χ4v) is 2.54. The van der Waals surface area contributed by atoms with Crippen LogP contribution in [0.5, 0.6) is 0 Å². The summed E-state index contributed by atoms with van der Waals surface area (Å²) in [5, 5.41) is 2.56. The number of carbonyl (C=O) groups is 1. The minimum Gasteiger partial charge on any atom is -0.322 e. The Morgan fingerprint density at radius 2 is 2.11 bits per heavy atom. The van der Waals surface area contributed by atoms with Gasteiger partial charge in [0, 0.05) is 17.6 Å². The molecule has 0 saturated heterocycles. The third kappa shape index (κ3) is 3.00. The molecule has 0 saturated carbocycles. The maximum absolute atomic E-state index is 12.4. The normalized spacial score (nSPS) is 12.2. The molecule has 4 nitrogen and oxygen atoms in total. The van der Waals surface area contributed by atoms with Gasteiger partial charge in [0.05, 0.1) is 6.04 Å². The lowest BCUT2D eigenvalue weighted by molar-refractivity contribution is 0.0984. The molecule has 2 N–H and O–H groups in total. The second kappa shape index (κ2) is 5.95. The van der Waals surface area contributed by atoms with Crippen molar-refractivity contribution in [3.05, 3.63) is 46.4 Å². The lowest BCUT2D eigenvalue weighted by Gasteiger charge is -2.19. The molecule has 2 aromatic rings. The van der Waals surface area contributed by atoms with Crippen LogP contribution in [-0.2, 0) is 0 Å². The predicted octanol–water partition coefficient (Wildman–Crippen LogP) is 2.83. The Morgan fingerprint density at radius 1 is 1.42 bits per heavy atom. The molecule has 0 radical (unpaired) electrons. The van der Waals surface area contributed by atoms with Crippen LogP contribution in [0.25, 0.3) is 0 Å². The third-order valence-electron chi connectivity index (χ3n) is 2.76. The van der Waals surface area contributed by atoms with Crippen LogP contribution in [0.4, 0.5) is 5.69 Å². The first-order valence-corrected chi connectivity index (χ1v) is 7.09. The van der Waals surface area contributed by atoms with E-state index in [0.29, 0.717) is 12.2 Å². The zero-order valence-corrected chi connectivity index (χ0v) is 11.9. The van der Waals surface area contributed by atoms with E-state index in [-0.39, 0.29) is 11.9 Å². The Labute approximate surface area is 116 Å². The number of amides is 1. The smallest absolute Gasteiger partial charge is 0.277 e. The molecule has 1 aromatic heterocycles. The number of rotatable bonds is 4. The molecule has 0 bridgehead atoms. The molecular weight excluding hydrogens is 258 g/mol. The van der Waals surface area contributed by atoms with E-state index in [1.54, 1.807) is 10.3 Å². The summed E-state index contributed by atoms with van der Waals surface area (Å²) in [4.78, 5) is 18.5. The Bertz CT molecular complexity index is 551. The van der Waals surface area contributed by atoms with Crippen molar-refractivity contribution in [2.75, 3.05) is 11.4 Å². The van der Waals surface area contributed by atoms with Crippen LogP contribution in [0, 0.1) is 0 Å². The van der Waals surface area contributed by atoms with Gasteiger partial charge >= 0.3 is 0 Å². The van der Waals surface area contributed by atoms with Gasteiger partial charge in [0.25, 0.3) is 5.91 Å². The number of thiazole rings is 1. The van der Waals surface area contributed by atoms with Gasteiger partial charge in [-0.3, -0.25) is 4.79 Å². The van der Waals surface area contributed by atoms with Crippen molar-refractivity contribution < 1.29 is 4.79 Å². The Hall–Kier alpha value is -1.72. The number of anilines is 1. The van der Waals surface area contributed by atoms with E-state index >= 15 is 0 Å². The summed E-state index contributed by atoms with van der Waals surface area (Å²) >= 11 is 1.43. The molecule has 0 spiro atoms. The Morgan fingerprint density at radius 3 is 2.63 bits per heavy atom. The maximum Gasteiger partial charge on any atom is 0.277 e. The number of nitrogens with zero attached hydrogens (tertiary/aromatic N) is 2. The summed E-state index contributed by atoms with van der Waals surface area (Å²) in [7, 11) is 0. The number of hydrogen-bond acceptors (Lipinski definition) is 4. The van der Waals surface area contributed by atoms with Gasteiger partial charge < -0.3 is 10.6 Å². The minimum absolute atomic E-state index is 0.0862. The van der Waals surface area contributed by atoms with Crippen molar-refractivity contribution in [3.63, 3.8) is 0 Å². The van der Waals surface area contributed by atoms with Crippen LogP contribution in [0.15, 0.2) is 35.7 Å². The fraction of sp³-hybridized carbons (Fsp3) is 0.286. The monoisotopic (exact) mass is 275 g/mol. The van der Waals surface area contributed by atoms with E-state index in [4.69, 9.17) is 5.73 Å². The largest absolute Gasteiger partial charge is 0.322 e. The molecule has 1 unspecified atom stereocenters. The highest BCUT2D eigenvalue weighted by Crippen LogP contribution is 2.20. The van der Waals surface area contributed by atoms with Gasteiger partial charge in [-0.2, -0.15) is 0 Å². The summed E-state index contributed by atoms with van der Waals surface area (Å²) in [6.07, 6.45) is 0. The molecule has 0 aliphatic carbocycles. The third-order valence-corrected chi connectivity index (χ3v) is 3.81. The molecule has 0 aliphatic heterocycles. The van der Waals surface area contributed by atoms with Crippen molar-refractivity contribution in [2.24, 2.45) is 5.73 Å². The van der Waals surface area contributed by atoms with Crippen molar-refractivity contribution >= 4 is 22.9 Å². The molecular formula is C14H17N3OS. The van der Waals surface area contributed by atoms with E-state index in [0.717, 1.165) is 10.7 Å². The number of carbonyl (C=O) groups excluding carboxylic acids is 1. The zero-order valence-electron chi connectivity index (χ0n) is 11.0. The van der Waals surface area contributed by atoms with Gasteiger partial charge in [0.2, 0.25) is 0 Å². The van der Waals surface area contributed by atoms with Crippen LogP contribution in [0.2, 0.25) is 0 Å². The lowest BCUT2D eigenvalue weighted by Crippen LogP contribution is -2.30. The summed E-state index contributed by atoms with van der Waals surface area (Å²) in [5.41, 5.74) is 7.11. The van der Waals surface area contributed by atoms with Crippen molar-refractivity contribution in [1.82, 2.24) is 4.98 Å². The highest BCUT2D eigenvalue weighted by molar-refractivity contribution is 7.09. The second-order valence-electron chi connectivity index (χ2n) is 4.24. The second-order valence-corrected chi connectivity index (χ2v) is 5.13. The first-order valence-electron chi connectivity index (χ1n) is 6.21. The number of nitrogens with two attached hydrogens (primary N) is 1. The first kappa shape index (κ1) is 13.7. The van der Waals surface area contributed by atoms with Crippen LogP contribution in [0.3, 0.4) is 0 Å². The number of benzene rings is 1. The van der Waals surface area contributed by atoms with E-state index in [1.807, 2.05) is 44.2 Å². The van der Waals surface area contributed by atoms with Crippen LogP contribution >= 0.6 is 11.3 Å². The lowest BCUT2D eigenvalue weighted by atomic mass is 10.2. The molecule has 1 atom stereocenters. The standard InChI is InChI=1S/C14H17N3OS/c1-3-17(11-7-5-4-6-8-11)14(18)12-9-19-13(16-12)10(2)15/h4-10H,3,15H2,1-2H3. The average molecular weight is 275 g/mol. The van der Waals surface area contributed by atoms with Gasteiger partial charge in [-0.25, -0.2) is 4.98 Å². The molecule has 2 rings (SSSR count). The molecule has 1 amide bonds. The molecule has 0 aliphatic rings. The van der Waals surface area contributed by atoms with E-state index in [9.17, 15) is 4.79 Å².